The molecule has 2 aromatic carbocycles. The zero-order valence-electron chi connectivity index (χ0n) is 15.1. The highest BCUT2D eigenvalue weighted by Crippen LogP contribution is 2.34. The van der Waals surface area contributed by atoms with Gasteiger partial charge in [-0.15, -0.1) is 11.3 Å². The molecule has 3 rings (SSSR count). The van der Waals surface area contributed by atoms with Crippen molar-refractivity contribution in [2.75, 3.05) is 5.32 Å². The van der Waals surface area contributed by atoms with Gasteiger partial charge in [-0.1, -0.05) is 43.2 Å². The predicted octanol–water partition coefficient (Wildman–Crippen LogP) is 6.39. The first-order chi connectivity index (χ1) is 12.5. The first kappa shape index (κ1) is 18.8. The summed E-state index contributed by atoms with van der Waals surface area (Å²) in [6.07, 6.45) is 1.99. The molecule has 134 valence electrons. The fourth-order valence-electron chi connectivity index (χ4n) is 2.81. The Bertz CT molecular complexity index is 949. The van der Waals surface area contributed by atoms with Crippen LogP contribution in [0.15, 0.2) is 46.9 Å². The third-order valence-electron chi connectivity index (χ3n) is 4.16. The van der Waals surface area contributed by atoms with E-state index in [0.29, 0.717) is 10.7 Å². The normalized spacial score (nSPS) is 10.8. The highest BCUT2D eigenvalue weighted by molar-refractivity contribution is 9.10. The maximum atomic E-state index is 12.6. The summed E-state index contributed by atoms with van der Waals surface area (Å²) in [4.78, 5) is 18.6. The molecule has 0 aliphatic heterocycles. The minimum atomic E-state index is -0.151. The first-order valence-corrected chi connectivity index (χ1v) is 10.2. The van der Waals surface area contributed by atoms with Gasteiger partial charge < -0.3 is 0 Å². The van der Waals surface area contributed by atoms with Crippen molar-refractivity contribution in [3.63, 3.8) is 0 Å². The molecular weight excluding hydrogens is 408 g/mol. The molecule has 0 radical (unpaired) electrons. The fraction of sp³-hybridized carbons (Fsp3) is 0.238. The molecule has 0 unspecified atom stereocenters. The summed E-state index contributed by atoms with van der Waals surface area (Å²) >= 11 is 5.00. The third-order valence-corrected chi connectivity index (χ3v) is 5.88. The van der Waals surface area contributed by atoms with Crippen LogP contribution in [0.1, 0.15) is 39.7 Å². The highest BCUT2D eigenvalue weighted by Gasteiger charge is 2.17. The van der Waals surface area contributed by atoms with Crippen LogP contribution in [-0.2, 0) is 6.42 Å². The fourth-order valence-corrected chi connectivity index (χ4v) is 4.35. The molecule has 1 aromatic heterocycles. The van der Waals surface area contributed by atoms with Gasteiger partial charge in [0.25, 0.3) is 5.91 Å². The smallest absolute Gasteiger partial charge is 0.258 e. The molecule has 1 amide bonds. The van der Waals surface area contributed by atoms with Crippen LogP contribution in [0, 0.1) is 13.8 Å². The summed E-state index contributed by atoms with van der Waals surface area (Å²) in [5.74, 6) is -0.151. The van der Waals surface area contributed by atoms with E-state index < -0.39 is 0 Å². The minimum absolute atomic E-state index is 0.151. The summed E-state index contributed by atoms with van der Waals surface area (Å²) in [5, 5.41) is 3.60. The number of hydrogen-bond donors (Lipinski definition) is 1. The number of thiazole rings is 1. The van der Waals surface area contributed by atoms with Crippen molar-refractivity contribution in [2.24, 2.45) is 0 Å². The molecule has 0 bridgehead atoms. The number of nitrogens with one attached hydrogen (secondary N) is 1. The lowest BCUT2D eigenvalue weighted by Gasteiger charge is -2.06. The molecule has 0 aliphatic rings. The number of halogens is 1. The summed E-state index contributed by atoms with van der Waals surface area (Å²) in [6, 6.07) is 13.8. The van der Waals surface area contributed by atoms with Crippen LogP contribution in [0.3, 0.4) is 0 Å². The molecule has 1 heterocycles. The second kappa shape index (κ2) is 8.14. The van der Waals surface area contributed by atoms with E-state index >= 15 is 0 Å². The lowest BCUT2D eigenvalue weighted by Crippen LogP contribution is -2.12. The van der Waals surface area contributed by atoms with Gasteiger partial charge in [-0.3, -0.25) is 10.1 Å². The Morgan fingerprint density at radius 2 is 1.96 bits per heavy atom. The van der Waals surface area contributed by atoms with E-state index in [9.17, 15) is 4.79 Å². The average Bonchev–Trinajstić information content (AvgIpc) is 3.00. The molecule has 0 spiro atoms. The number of aromatic nitrogens is 1. The number of benzene rings is 2. The molecule has 26 heavy (non-hydrogen) atoms. The van der Waals surface area contributed by atoms with Crippen molar-refractivity contribution in [3.05, 3.63) is 68.5 Å². The van der Waals surface area contributed by atoms with Crippen LogP contribution < -0.4 is 5.32 Å². The van der Waals surface area contributed by atoms with E-state index in [1.807, 2.05) is 18.2 Å². The quantitative estimate of drug-likeness (QED) is 0.510. The van der Waals surface area contributed by atoms with Gasteiger partial charge in [0.15, 0.2) is 5.13 Å². The number of carbonyl (C=O) groups excluding carboxylic acids is 1. The van der Waals surface area contributed by atoms with Crippen molar-refractivity contribution in [3.8, 4) is 11.3 Å². The number of aryl methyl sites for hydroxylation is 3. The average molecular weight is 429 g/mol. The van der Waals surface area contributed by atoms with E-state index in [2.05, 4.69) is 60.2 Å². The van der Waals surface area contributed by atoms with Gasteiger partial charge in [0.1, 0.15) is 0 Å². The molecule has 0 aliphatic carbocycles. The van der Waals surface area contributed by atoms with Gasteiger partial charge in [-0.2, -0.15) is 0 Å². The van der Waals surface area contributed by atoms with Crippen LogP contribution in [0.4, 0.5) is 5.13 Å². The van der Waals surface area contributed by atoms with Crippen molar-refractivity contribution in [2.45, 2.75) is 33.6 Å². The Labute approximate surface area is 166 Å². The molecule has 0 atom stereocenters. The number of nitrogens with zero attached hydrogens (tertiary/aromatic N) is 1. The number of anilines is 1. The van der Waals surface area contributed by atoms with E-state index in [0.717, 1.165) is 28.6 Å². The maximum Gasteiger partial charge on any atom is 0.258 e. The Kier molecular flexibility index (Phi) is 5.89. The highest BCUT2D eigenvalue weighted by atomic mass is 79.9. The summed E-state index contributed by atoms with van der Waals surface area (Å²) < 4.78 is 0.776. The van der Waals surface area contributed by atoms with Crippen LogP contribution in [-0.4, -0.2) is 10.9 Å². The SMILES string of the molecule is CCCc1sc(NC(=O)c2ccccc2Br)nc1-c1cc(C)ccc1C. The zero-order chi connectivity index (χ0) is 18.7. The molecule has 5 heteroatoms. The largest absolute Gasteiger partial charge is 0.298 e. The topological polar surface area (TPSA) is 42.0 Å². The van der Waals surface area contributed by atoms with Gasteiger partial charge in [-0.25, -0.2) is 4.98 Å². The van der Waals surface area contributed by atoms with Crippen LogP contribution in [0.5, 0.6) is 0 Å². The molecule has 0 fully saturated rings. The van der Waals surface area contributed by atoms with Crippen molar-refractivity contribution >= 4 is 38.3 Å². The number of rotatable bonds is 5. The standard InChI is InChI=1S/C21H21BrN2OS/c1-4-7-18-19(16-12-13(2)10-11-14(16)3)23-21(26-18)24-20(25)15-8-5-6-9-17(15)22/h5-6,8-12H,4,7H2,1-3H3,(H,23,24,25). The number of amides is 1. The Hall–Kier alpha value is -1.98. The Morgan fingerprint density at radius 3 is 2.69 bits per heavy atom. The molecule has 3 nitrogen and oxygen atoms in total. The van der Waals surface area contributed by atoms with E-state index in [1.54, 1.807) is 17.4 Å². The Balaban J connectivity index is 1.96. The van der Waals surface area contributed by atoms with Crippen LogP contribution >= 0.6 is 27.3 Å². The van der Waals surface area contributed by atoms with Crippen LogP contribution in [0.2, 0.25) is 0 Å². The van der Waals surface area contributed by atoms with Gasteiger partial charge in [0.2, 0.25) is 0 Å². The molecular formula is C21H21BrN2OS. The number of hydrogen-bond acceptors (Lipinski definition) is 3. The third kappa shape index (κ3) is 4.05. The van der Waals surface area contributed by atoms with E-state index in [4.69, 9.17) is 4.98 Å². The van der Waals surface area contributed by atoms with E-state index in [1.165, 1.54) is 16.0 Å². The maximum absolute atomic E-state index is 12.6. The van der Waals surface area contributed by atoms with Crippen molar-refractivity contribution in [1.29, 1.82) is 0 Å². The van der Waals surface area contributed by atoms with Crippen molar-refractivity contribution in [1.82, 2.24) is 4.98 Å². The predicted molar refractivity (Wildman–Crippen MR) is 113 cm³/mol. The number of carbonyl (C=O) groups is 1. The summed E-state index contributed by atoms with van der Waals surface area (Å²) in [6.45, 7) is 6.35. The zero-order valence-corrected chi connectivity index (χ0v) is 17.5. The summed E-state index contributed by atoms with van der Waals surface area (Å²) in [5.41, 5.74) is 5.14. The van der Waals surface area contributed by atoms with Gasteiger partial charge in [-0.05, 0) is 60.0 Å². The lowest BCUT2D eigenvalue weighted by atomic mass is 10.0. The van der Waals surface area contributed by atoms with Gasteiger partial charge in [0, 0.05) is 14.9 Å². The van der Waals surface area contributed by atoms with Crippen LogP contribution in [0.25, 0.3) is 11.3 Å². The molecule has 1 N–H and O–H groups in total. The lowest BCUT2D eigenvalue weighted by molar-refractivity contribution is 0.102. The van der Waals surface area contributed by atoms with Gasteiger partial charge >= 0.3 is 0 Å². The Morgan fingerprint density at radius 1 is 1.19 bits per heavy atom. The van der Waals surface area contributed by atoms with Gasteiger partial charge in [0.05, 0.1) is 11.3 Å². The second-order valence-electron chi connectivity index (χ2n) is 6.29. The molecule has 0 saturated heterocycles. The monoisotopic (exact) mass is 428 g/mol. The summed E-state index contributed by atoms with van der Waals surface area (Å²) in [7, 11) is 0. The van der Waals surface area contributed by atoms with E-state index in [-0.39, 0.29) is 5.91 Å². The molecule has 0 saturated carbocycles. The first-order valence-electron chi connectivity index (χ1n) is 8.62. The second-order valence-corrected chi connectivity index (χ2v) is 8.23. The minimum Gasteiger partial charge on any atom is -0.298 e. The van der Waals surface area contributed by atoms with Crippen molar-refractivity contribution < 1.29 is 4.79 Å². The molecule has 3 aromatic rings.